The van der Waals surface area contributed by atoms with E-state index in [1.54, 1.807) is 6.07 Å². The molecule has 0 aliphatic heterocycles. The van der Waals surface area contributed by atoms with E-state index in [9.17, 15) is 9.18 Å². The van der Waals surface area contributed by atoms with Gasteiger partial charge in [-0.15, -0.1) is 0 Å². The molecule has 26 heavy (non-hydrogen) atoms. The quantitative estimate of drug-likeness (QED) is 0.403. The molecule has 1 heterocycles. The molecule has 0 radical (unpaired) electrons. The van der Waals surface area contributed by atoms with Gasteiger partial charge in [0.05, 0.1) is 16.6 Å². The molecule has 0 aliphatic rings. The Labute approximate surface area is 159 Å². The number of rotatable bonds is 8. The second-order valence-corrected chi connectivity index (χ2v) is 7.95. The van der Waals surface area contributed by atoms with Gasteiger partial charge in [-0.25, -0.2) is 9.37 Å². The van der Waals surface area contributed by atoms with Crippen molar-refractivity contribution in [3.8, 4) is 0 Å². The number of thioether (sulfide) groups is 1. The normalized spacial score (nSPS) is 12.4. The van der Waals surface area contributed by atoms with Crippen LogP contribution in [0.3, 0.4) is 0 Å². The van der Waals surface area contributed by atoms with Crippen LogP contribution in [0.15, 0.2) is 23.4 Å². The SMILES string of the molecule is CC(CCCNC=O)COC(C)(C)C.CSc1nc2ccc(F)cc2[nH]1. The van der Waals surface area contributed by atoms with Crippen molar-refractivity contribution in [1.29, 1.82) is 0 Å². The van der Waals surface area contributed by atoms with Gasteiger partial charge in [0, 0.05) is 13.2 Å². The fourth-order valence-corrected chi connectivity index (χ4v) is 2.54. The molecule has 0 spiro atoms. The number of carbonyl (C=O) groups is 1. The third-order valence-corrected chi connectivity index (χ3v) is 4.10. The molecule has 2 N–H and O–H groups in total. The summed E-state index contributed by atoms with van der Waals surface area (Å²) in [6.07, 6.45) is 4.79. The average molecular weight is 384 g/mol. The standard InChI is InChI=1S/C11H23NO2.C8H7FN2S/c1-10(6-5-7-12-9-13)8-14-11(2,3)4;1-12-8-10-6-3-2-5(9)4-7(6)11-8/h9-10H,5-8H2,1-4H3,(H,12,13);2-4H,1H3,(H,10,11). The molecule has 0 bridgehead atoms. The van der Waals surface area contributed by atoms with E-state index >= 15 is 0 Å². The van der Waals surface area contributed by atoms with Gasteiger partial charge in [0.2, 0.25) is 6.41 Å². The van der Waals surface area contributed by atoms with Crippen LogP contribution in [0.5, 0.6) is 0 Å². The van der Waals surface area contributed by atoms with Gasteiger partial charge in [0.1, 0.15) is 5.82 Å². The number of aromatic amines is 1. The fourth-order valence-electron chi connectivity index (χ4n) is 2.14. The van der Waals surface area contributed by atoms with Crippen LogP contribution in [0, 0.1) is 11.7 Å². The number of nitrogens with one attached hydrogen (secondary N) is 2. The molecule has 146 valence electrons. The summed E-state index contributed by atoms with van der Waals surface area (Å²) in [5, 5.41) is 3.47. The van der Waals surface area contributed by atoms with Crippen LogP contribution < -0.4 is 5.32 Å². The maximum Gasteiger partial charge on any atom is 0.207 e. The predicted molar refractivity (Wildman–Crippen MR) is 106 cm³/mol. The van der Waals surface area contributed by atoms with Gasteiger partial charge in [-0.1, -0.05) is 18.7 Å². The number of hydrogen-bond donors (Lipinski definition) is 2. The first kappa shape index (κ1) is 22.4. The number of ether oxygens (including phenoxy) is 1. The van der Waals surface area contributed by atoms with Gasteiger partial charge in [0.15, 0.2) is 5.16 Å². The Kier molecular flexibility index (Phi) is 9.65. The number of imidazole rings is 1. The van der Waals surface area contributed by atoms with E-state index in [1.807, 2.05) is 6.26 Å². The molecule has 0 saturated heterocycles. The van der Waals surface area contributed by atoms with Crippen molar-refractivity contribution in [1.82, 2.24) is 15.3 Å². The highest BCUT2D eigenvalue weighted by molar-refractivity contribution is 7.98. The summed E-state index contributed by atoms with van der Waals surface area (Å²) in [5.74, 6) is 0.321. The second-order valence-electron chi connectivity index (χ2n) is 7.15. The van der Waals surface area contributed by atoms with Crippen molar-refractivity contribution >= 4 is 29.2 Å². The van der Waals surface area contributed by atoms with Crippen LogP contribution in [-0.2, 0) is 9.53 Å². The molecule has 2 aromatic rings. The molecule has 1 aromatic heterocycles. The minimum atomic E-state index is -0.237. The highest BCUT2D eigenvalue weighted by atomic mass is 32.2. The molecule has 1 aromatic carbocycles. The molecule has 0 saturated carbocycles. The number of amides is 1. The topological polar surface area (TPSA) is 67.0 Å². The lowest BCUT2D eigenvalue weighted by molar-refractivity contribution is -0.109. The third-order valence-electron chi connectivity index (χ3n) is 3.52. The van der Waals surface area contributed by atoms with Crippen LogP contribution in [-0.4, -0.2) is 41.4 Å². The number of nitrogens with zero attached hydrogens (tertiary/aromatic N) is 1. The zero-order valence-electron chi connectivity index (χ0n) is 16.3. The summed E-state index contributed by atoms with van der Waals surface area (Å²) in [5.41, 5.74) is 1.51. The van der Waals surface area contributed by atoms with E-state index in [-0.39, 0.29) is 11.4 Å². The van der Waals surface area contributed by atoms with Crippen molar-refractivity contribution in [3.63, 3.8) is 0 Å². The van der Waals surface area contributed by atoms with Gasteiger partial charge in [-0.05, 0) is 64.0 Å². The molecular weight excluding hydrogens is 353 g/mol. The minimum absolute atomic E-state index is 0.0463. The zero-order chi connectivity index (χ0) is 19.6. The van der Waals surface area contributed by atoms with Gasteiger partial charge in [-0.2, -0.15) is 0 Å². The summed E-state index contributed by atoms with van der Waals surface area (Å²) < 4.78 is 18.4. The summed E-state index contributed by atoms with van der Waals surface area (Å²) >= 11 is 1.51. The molecule has 5 nitrogen and oxygen atoms in total. The number of hydrogen-bond acceptors (Lipinski definition) is 4. The first-order valence-corrected chi connectivity index (χ1v) is 9.98. The van der Waals surface area contributed by atoms with Gasteiger partial charge in [0.25, 0.3) is 0 Å². The van der Waals surface area contributed by atoms with E-state index in [1.165, 1.54) is 23.9 Å². The van der Waals surface area contributed by atoms with E-state index in [2.05, 4.69) is 43.0 Å². The minimum Gasteiger partial charge on any atom is -0.376 e. The number of benzene rings is 1. The summed E-state index contributed by atoms with van der Waals surface area (Å²) in [7, 11) is 0. The Morgan fingerprint density at radius 2 is 2.15 bits per heavy atom. The molecule has 0 aliphatic carbocycles. The van der Waals surface area contributed by atoms with Crippen molar-refractivity contribution in [2.45, 2.75) is 51.3 Å². The maximum atomic E-state index is 12.7. The van der Waals surface area contributed by atoms with Crippen LogP contribution >= 0.6 is 11.8 Å². The second kappa shape index (κ2) is 11.2. The number of fused-ring (bicyclic) bond motifs is 1. The molecular formula is C19H30FN3O2S. The molecule has 0 fully saturated rings. The molecule has 1 unspecified atom stereocenters. The fraction of sp³-hybridized carbons (Fsp3) is 0.579. The third kappa shape index (κ3) is 9.20. The van der Waals surface area contributed by atoms with Crippen molar-refractivity contribution in [2.75, 3.05) is 19.4 Å². The summed E-state index contributed by atoms with van der Waals surface area (Å²) in [6, 6.07) is 4.52. The Hall–Kier alpha value is -1.60. The summed E-state index contributed by atoms with van der Waals surface area (Å²) in [4.78, 5) is 17.2. The Morgan fingerprint density at radius 3 is 2.77 bits per heavy atom. The van der Waals surface area contributed by atoms with Crippen molar-refractivity contribution in [3.05, 3.63) is 24.0 Å². The number of halogens is 1. The van der Waals surface area contributed by atoms with Crippen molar-refractivity contribution < 1.29 is 13.9 Å². The number of aromatic nitrogens is 2. The molecule has 1 amide bonds. The lowest BCUT2D eigenvalue weighted by atomic mass is 10.1. The smallest absolute Gasteiger partial charge is 0.207 e. The largest absolute Gasteiger partial charge is 0.376 e. The Bertz CT molecular complexity index is 670. The lowest BCUT2D eigenvalue weighted by Gasteiger charge is -2.22. The average Bonchev–Trinajstić information content (AvgIpc) is 2.99. The Balaban J connectivity index is 0.000000262. The van der Waals surface area contributed by atoms with E-state index < -0.39 is 0 Å². The molecule has 2 rings (SSSR count). The summed E-state index contributed by atoms with van der Waals surface area (Å²) in [6.45, 7) is 9.93. The predicted octanol–water partition coefficient (Wildman–Crippen LogP) is 4.39. The highest BCUT2D eigenvalue weighted by Crippen LogP contribution is 2.17. The van der Waals surface area contributed by atoms with Crippen LogP contribution in [0.1, 0.15) is 40.5 Å². The van der Waals surface area contributed by atoms with E-state index in [0.29, 0.717) is 5.92 Å². The molecule has 1 atom stereocenters. The van der Waals surface area contributed by atoms with Crippen molar-refractivity contribution in [2.24, 2.45) is 5.92 Å². The highest BCUT2D eigenvalue weighted by Gasteiger charge is 2.12. The maximum absolute atomic E-state index is 12.7. The monoisotopic (exact) mass is 383 g/mol. The van der Waals surface area contributed by atoms with Gasteiger partial charge < -0.3 is 15.0 Å². The van der Waals surface area contributed by atoms with E-state index in [4.69, 9.17) is 4.74 Å². The lowest BCUT2D eigenvalue weighted by Crippen LogP contribution is -2.23. The van der Waals surface area contributed by atoms with Gasteiger partial charge >= 0.3 is 0 Å². The number of carbonyl (C=O) groups excluding carboxylic acids is 1. The van der Waals surface area contributed by atoms with E-state index in [0.717, 1.165) is 48.6 Å². The van der Waals surface area contributed by atoms with Crippen LogP contribution in [0.4, 0.5) is 4.39 Å². The van der Waals surface area contributed by atoms with Crippen LogP contribution in [0.25, 0.3) is 11.0 Å². The zero-order valence-corrected chi connectivity index (χ0v) is 17.1. The number of H-pyrrole nitrogens is 1. The first-order chi connectivity index (χ1) is 12.2. The van der Waals surface area contributed by atoms with Gasteiger partial charge in [-0.3, -0.25) is 4.79 Å². The van der Waals surface area contributed by atoms with Crippen LogP contribution in [0.2, 0.25) is 0 Å². The first-order valence-electron chi connectivity index (χ1n) is 8.75. The molecule has 7 heteroatoms. The Morgan fingerprint density at radius 1 is 1.42 bits per heavy atom.